The Balaban J connectivity index is 1.60. The largest absolute Gasteiger partial charge is 0.375 e. The molecule has 0 saturated carbocycles. The summed E-state index contributed by atoms with van der Waals surface area (Å²) < 4.78 is 7.11. The third-order valence-corrected chi connectivity index (χ3v) is 6.41. The van der Waals surface area contributed by atoms with Crippen molar-refractivity contribution < 1.29 is 9.53 Å². The van der Waals surface area contributed by atoms with Crippen molar-refractivity contribution in [3.8, 4) is 21.7 Å². The highest BCUT2D eigenvalue weighted by atomic mass is 35.5. The maximum absolute atomic E-state index is 11.6. The Hall–Kier alpha value is -2.75. The Labute approximate surface area is 174 Å². The van der Waals surface area contributed by atoms with Crippen molar-refractivity contribution in [1.82, 2.24) is 30.0 Å². The molecule has 1 saturated heterocycles. The molecule has 4 aromatic heterocycles. The molecule has 5 heterocycles. The molecular weight excluding hydrogens is 412 g/mol. The van der Waals surface area contributed by atoms with Crippen LogP contribution in [0.2, 0.25) is 5.02 Å². The standard InChI is InChI=1S/C19H17ClN6O2S/c1-10(27)25-19(8-28-9-19)18-22-6-15(29-18)16-12-3-14(11-4-23-26(2)7-11)24-17(12)21-5-13(16)20/h3-7H,8-9H2,1-2H3,(H,21,24)(H,25,27). The number of thiazole rings is 1. The van der Waals surface area contributed by atoms with Crippen LogP contribution in [0.25, 0.3) is 32.7 Å². The van der Waals surface area contributed by atoms with Crippen LogP contribution in [0.5, 0.6) is 0 Å². The molecule has 0 atom stereocenters. The number of halogens is 1. The van der Waals surface area contributed by atoms with Gasteiger partial charge in [-0.25, -0.2) is 9.97 Å². The Morgan fingerprint density at radius 1 is 1.34 bits per heavy atom. The topological polar surface area (TPSA) is 97.7 Å². The number of aryl methyl sites for hydroxylation is 1. The number of ether oxygens (including phenoxy) is 1. The second-order valence-corrected chi connectivity index (χ2v) is 8.55. The number of aromatic nitrogens is 5. The predicted octanol–water partition coefficient (Wildman–Crippen LogP) is 3.10. The number of pyridine rings is 1. The van der Waals surface area contributed by atoms with E-state index in [9.17, 15) is 4.79 Å². The average molecular weight is 429 g/mol. The van der Waals surface area contributed by atoms with Gasteiger partial charge in [-0.2, -0.15) is 5.10 Å². The molecule has 8 nitrogen and oxygen atoms in total. The third-order valence-electron chi connectivity index (χ3n) is 4.90. The third kappa shape index (κ3) is 3.02. The first kappa shape index (κ1) is 18.3. The first-order valence-corrected chi connectivity index (χ1v) is 10.1. The minimum Gasteiger partial charge on any atom is -0.375 e. The van der Waals surface area contributed by atoms with Gasteiger partial charge in [-0.1, -0.05) is 11.6 Å². The molecule has 148 valence electrons. The zero-order chi connectivity index (χ0) is 20.2. The normalized spacial score (nSPS) is 15.4. The highest BCUT2D eigenvalue weighted by Crippen LogP contribution is 2.41. The molecule has 1 amide bonds. The van der Waals surface area contributed by atoms with Gasteiger partial charge >= 0.3 is 0 Å². The van der Waals surface area contributed by atoms with Crippen molar-refractivity contribution in [2.45, 2.75) is 12.5 Å². The molecule has 4 aromatic rings. The number of H-pyrrole nitrogens is 1. The van der Waals surface area contributed by atoms with E-state index in [-0.39, 0.29) is 5.91 Å². The van der Waals surface area contributed by atoms with Gasteiger partial charge in [-0.15, -0.1) is 11.3 Å². The number of hydrogen-bond acceptors (Lipinski definition) is 6. The van der Waals surface area contributed by atoms with E-state index in [2.05, 4.69) is 25.4 Å². The van der Waals surface area contributed by atoms with Gasteiger partial charge in [0.1, 0.15) is 16.2 Å². The molecule has 0 bridgehead atoms. The van der Waals surface area contributed by atoms with E-state index in [1.54, 1.807) is 23.3 Å². The van der Waals surface area contributed by atoms with Crippen molar-refractivity contribution >= 4 is 39.9 Å². The Morgan fingerprint density at radius 3 is 2.83 bits per heavy atom. The van der Waals surface area contributed by atoms with E-state index in [1.807, 2.05) is 19.3 Å². The summed E-state index contributed by atoms with van der Waals surface area (Å²) in [4.78, 5) is 24.9. The molecule has 0 spiro atoms. The van der Waals surface area contributed by atoms with E-state index < -0.39 is 5.54 Å². The number of amides is 1. The molecule has 0 radical (unpaired) electrons. The van der Waals surface area contributed by atoms with E-state index >= 15 is 0 Å². The van der Waals surface area contributed by atoms with Crippen molar-refractivity contribution in [3.05, 3.63) is 40.9 Å². The summed E-state index contributed by atoms with van der Waals surface area (Å²) in [5, 5.41) is 9.46. The fraction of sp³-hybridized carbons (Fsp3) is 0.263. The van der Waals surface area contributed by atoms with E-state index in [0.717, 1.165) is 37.7 Å². The van der Waals surface area contributed by atoms with Crippen molar-refractivity contribution in [1.29, 1.82) is 0 Å². The minimum atomic E-state index is -0.563. The van der Waals surface area contributed by atoms with E-state index in [1.165, 1.54) is 18.3 Å². The highest BCUT2D eigenvalue weighted by Gasteiger charge is 2.44. The van der Waals surface area contributed by atoms with Crippen LogP contribution in [0.3, 0.4) is 0 Å². The Morgan fingerprint density at radius 2 is 2.17 bits per heavy atom. The lowest BCUT2D eigenvalue weighted by Crippen LogP contribution is -2.58. The summed E-state index contributed by atoms with van der Waals surface area (Å²) >= 11 is 8.04. The fourth-order valence-corrected chi connectivity index (χ4v) is 4.93. The molecule has 0 aromatic carbocycles. The first-order chi connectivity index (χ1) is 13.9. The second-order valence-electron chi connectivity index (χ2n) is 7.11. The first-order valence-electron chi connectivity index (χ1n) is 8.95. The SMILES string of the molecule is CC(=O)NC1(c2ncc(-c3c(Cl)cnc4[nH]c(-c5cnn(C)c5)cc34)s2)COC1. The number of nitrogens with one attached hydrogen (secondary N) is 2. The average Bonchev–Trinajstić information content (AvgIpc) is 3.36. The summed E-state index contributed by atoms with van der Waals surface area (Å²) in [7, 11) is 1.88. The number of fused-ring (bicyclic) bond motifs is 1. The lowest BCUT2D eigenvalue weighted by Gasteiger charge is -2.39. The lowest BCUT2D eigenvalue weighted by atomic mass is 9.98. The van der Waals surface area contributed by atoms with Crippen molar-refractivity contribution in [2.24, 2.45) is 7.05 Å². The zero-order valence-corrected chi connectivity index (χ0v) is 17.3. The van der Waals surface area contributed by atoms with Gasteiger partial charge in [0, 0.05) is 49.1 Å². The summed E-state index contributed by atoms with van der Waals surface area (Å²) in [6.07, 6.45) is 7.16. The maximum atomic E-state index is 11.6. The number of hydrogen-bond donors (Lipinski definition) is 2. The lowest BCUT2D eigenvalue weighted by molar-refractivity contribution is -0.131. The summed E-state index contributed by atoms with van der Waals surface area (Å²) in [5.41, 5.74) is 2.92. The van der Waals surface area contributed by atoms with Gasteiger partial charge in [-0.05, 0) is 6.07 Å². The molecule has 0 aliphatic carbocycles. The smallest absolute Gasteiger partial charge is 0.217 e. The molecule has 1 aliphatic rings. The van der Waals surface area contributed by atoms with Crippen LogP contribution in [-0.4, -0.2) is 43.9 Å². The van der Waals surface area contributed by atoms with Gasteiger partial charge < -0.3 is 15.0 Å². The highest BCUT2D eigenvalue weighted by molar-refractivity contribution is 7.15. The van der Waals surface area contributed by atoms with E-state index in [4.69, 9.17) is 16.3 Å². The number of carbonyl (C=O) groups excluding carboxylic acids is 1. The summed E-state index contributed by atoms with van der Waals surface area (Å²) in [6.45, 7) is 2.32. The van der Waals surface area contributed by atoms with Crippen molar-refractivity contribution in [2.75, 3.05) is 13.2 Å². The molecule has 0 unspecified atom stereocenters. The molecule has 5 rings (SSSR count). The van der Waals surface area contributed by atoms with Gasteiger partial charge in [-0.3, -0.25) is 9.48 Å². The van der Waals surface area contributed by atoms with E-state index in [0.29, 0.717) is 18.2 Å². The van der Waals surface area contributed by atoms with Crippen LogP contribution in [0.4, 0.5) is 0 Å². The monoisotopic (exact) mass is 428 g/mol. The predicted molar refractivity (Wildman–Crippen MR) is 111 cm³/mol. The van der Waals surface area contributed by atoms with Gasteiger partial charge in [0.25, 0.3) is 0 Å². The summed E-state index contributed by atoms with van der Waals surface area (Å²) in [5.74, 6) is -0.110. The van der Waals surface area contributed by atoms with Gasteiger partial charge in [0.2, 0.25) is 5.91 Å². The number of aromatic amines is 1. The molecule has 10 heteroatoms. The van der Waals surface area contributed by atoms with Gasteiger partial charge in [0.05, 0.1) is 35.0 Å². The van der Waals surface area contributed by atoms with Crippen molar-refractivity contribution in [3.63, 3.8) is 0 Å². The van der Waals surface area contributed by atoms with Gasteiger partial charge in [0.15, 0.2) is 0 Å². The minimum absolute atomic E-state index is 0.110. The Bertz CT molecular complexity index is 1240. The quantitative estimate of drug-likeness (QED) is 0.520. The van der Waals surface area contributed by atoms with Crippen LogP contribution in [0.15, 0.2) is 30.9 Å². The maximum Gasteiger partial charge on any atom is 0.217 e. The van der Waals surface area contributed by atoms with Crippen LogP contribution >= 0.6 is 22.9 Å². The van der Waals surface area contributed by atoms with Crippen LogP contribution in [0.1, 0.15) is 11.9 Å². The van der Waals surface area contributed by atoms with Crippen LogP contribution in [-0.2, 0) is 22.1 Å². The molecule has 1 aliphatic heterocycles. The van der Waals surface area contributed by atoms with Crippen LogP contribution < -0.4 is 5.32 Å². The number of nitrogens with zero attached hydrogens (tertiary/aromatic N) is 4. The fourth-order valence-electron chi connectivity index (χ4n) is 3.52. The molecular formula is C19H17ClN6O2S. The zero-order valence-electron chi connectivity index (χ0n) is 15.7. The number of rotatable bonds is 4. The molecule has 2 N–H and O–H groups in total. The summed E-state index contributed by atoms with van der Waals surface area (Å²) in [6, 6.07) is 2.02. The molecule has 29 heavy (non-hydrogen) atoms. The Kier molecular flexibility index (Phi) is 4.19. The molecule has 1 fully saturated rings. The second kappa shape index (κ2) is 6.65. The van der Waals surface area contributed by atoms with Crippen LogP contribution in [0, 0.1) is 0 Å². The number of carbonyl (C=O) groups is 1.